The number of thiophene rings is 1. The van der Waals surface area contributed by atoms with E-state index in [4.69, 9.17) is 20.4 Å². The van der Waals surface area contributed by atoms with E-state index in [0.29, 0.717) is 30.2 Å². The Bertz CT molecular complexity index is 1400. The van der Waals surface area contributed by atoms with Gasteiger partial charge in [0.05, 0.1) is 35.1 Å². The van der Waals surface area contributed by atoms with Gasteiger partial charge < -0.3 is 25.8 Å². The summed E-state index contributed by atoms with van der Waals surface area (Å²) < 4.78 is 6.54. The molecule has 0 aliphatic carbocycles. The van der Waals surface area contributed by atoms with Crippen LogP contribution in [0.15, 0.2) is 36.7 Å². The number of rotatable bonds is 6. The summed E-state index contributed by atoms with van der Waals surface area (Å²) in [4.78, 5) is 33.9. The highest BCUT2D eigenvalue weighted by atomic mass is 32.1. The zero-order chi connectivity index (χ0) is 25.2. The van der Waals surface area contributed by atoms with Gasteiger partial charge in [0.25, 0.3) is 5.91 Å². The predicted molar refractivity (Wildman–Crippen MR) is 140 cm³/mol. The maximum Gasteiger partial charge on any atom is 0.251 e. The number of nitrogens with zero attached hydrogens (tertiary/aromatic N) is 5. The summed E-state index contributed by atoms with van der Waals surface area (Å²) in [6, 6.07) is 7.48. The van der Waals surface area contributed by atoms with Gasteiger partial charge in [0.2, 0.25) is 5.95 Å². The lowest BCUT2D eigenvalue weighted by atomic mass is 10.1. The standard InChI is InChI=1S/C25H27N7O3S/c1-14(33)11-27-24(34)17-5-3-4-16(10-17)20-15(2)19-21(36-20)23(32-6-8-35-9-7-32)31-22(30-19)18-12-28-25(26)29-13-18/h3-5,10,12-14,33H,6-9,11H2,1-2H3,(H,27,34)(H2,26,28,29)/t14-/m0/s1. The lowest BCUT2D eigenvalue weighted by molar-refractivity contribution is 0.0924. The Morgan fingerprint density at radius 3 is 2.69 bits per heavy atom. The number of nitrogens with one attached hydrogen (secondary N) is 1. The largest absolute Gasteiger partial charge is 0.392 e. The zero-order valence-corrected chi connectivity index (χ0v) is 20.9. The number of anilines is 2. The molecule has 0 spiro atoms. The van der Waals surface area contributed by atoms with Crippen LogP contribution in [0, 0.1) is 6.92 Å². The van der Waals surface area contributed by atoms with Crippen molar-refractivity contribution in [1.29, 1.82) is 0 Å². The molecule has 36 heavy (non-hydrogen) atoms. The Morgan fingerprint density at radius 1 is 1.22 bits per heavy atom. The summed E-state index contributed by atoms with van der Waals surface area (Å²) in [6.07, 6.45) is 2.65. The number of nitrogen functional groups attached to an aromatic ring is 1. The van der Waals surface area contributed by atoms with Crippen LogP contribution in [-0.4, -0.2) is 69.9 Å². The first-order valence-electron chi connectivity index (χ1n) is 11.7. The second-order valence-electron chi connectivity index (χ2n) is 8.67. The van der Waals surface area contributed by atoms with E-state index in [-0.39, 0.29) is 18.4 Å². The van der Waals surface area contributed by atoms with E-state index in [0.717, 1.165) is 45.1 Å². The Balaban J connectivity index is 1.61. The van der Waals surface area contributed by atoms with E-state index in [9.17, 15) is 9.90 Å². The number of amides is 1. The van der Waals surface area contributed by atoms with Crippen molar-refractivity contribution in [2.75, 3.05) is 43.5 Å². The number of hydrogen-bond donors (Lipinski definition) is 3. The van der Waals surface area contributed by atoms with E-state index < -0.39 is 6.10 Å². The number of ether oxygens (including phenoxy) is 1. The van der Waals surface area contributed by atoms with Crippen molar-refractivity contribution in [1.82, 2.24) is 25.3 Å². The second kappa shape index (κ2) is 10.1. The van der Waals surface area contributed by atoms with Crippen molar-refractivity contribution in [3.8, 4) is 21.8 Å². The first kappa shape index (κ1) is 24.0. The van der Waals surface area contributed by atoms with Crippen molar-refractivity contribution in [3.05, 3.63) is 47.8 Å². The molecule has 0 unspecified atom stereocenters. The molecule has 1 aliphatic heterocycles. The summed E-state index contributed by atoms with van der Waals surface area (Å²) in [5.41, 5.74) is 9.67. The number of aliphatic hydroxyl groups is 1. The third kappa shape index (κ3) is 4.85. The molecule has 3 aromatic heterocycles. The van der Waals surface area contributed by atoms with Crippen LogP contribution < -0.4 is 16.0 Å². The van der Waals surface area contributed by atoms with Gasteiger partial charge in [-0.3, -0.25) is 4.79 Å². The van der Waals surface area contributed by atoms with Gasteiger partial charge >= 0.3 is 0 Å². The van der Waals surface area contributed by atoms with Gasteiger partial charge in [-0.05, 0) is 37.1 Å². The first-order chi connectivity index (χ1) is 17.4. The molecule has 10 nitrogen and oxygen atoms in total. The molecule has 1 fully saturated rings. The summed E-state index contributed by atoms with van der Waals surface area (Å²) in [6.45, 7) is 6.59. The van der Waals surface area contributed by atoms with Crippen molar-refractivity contribution in [2.24, 2.45) is 0 Å². The van der Waals surface area contributed by atoms with Crippen LogP contribution in [-0.2, 0) is 4.74 Å². The first-order valence-corrected chi connectivity index (χ1v) is 12.5. The minimum atomic E-state index is -0.611. The normalized spacial score (nSPS) is 14.7. The highest BCUT2D eigenvalue weighted by Gasteiger charge is 2.23. The fourth-order valence-corrected chi connectivity index (χ4v) is 5.32. The number of aliphatic hydroxyl groups excluding tert-OH is 1. The van der Waals surface area contributed by atoms with Gasteiger partial charge in [0, 0.05) is 42.5 Å². The molecule has 1 amide bonds. The molecule has 11 heteroatoms. The van der Waals surface area contributed by atoms with Gasteiger partial charge in [0.1, 0.15) is 0 Å². The Labute approximate surface area is 212 Å². The number of fused-ring (bicyclic) bond motifs is 1. The van der Waals surface area contributed by atoms with Crippen LogP contribution in [0.25, 0.3) is 32.0 Å². The molecule has 0 radical (unpaired) electrons. The molecule has 5 rings (SSSR count). The minimum Gasteiger partial charge on any atom is -0.392 e. The van der Waals surface area contributed by atoms with Crippen LogP contribution in [0.4, 0.5) is 11.8 Å². The molecule has 1 aromatic carbocycles. The predicted octanol–water partition coefficient (Wildman–Crippen LogP) is 2.65. The quantitative estimate of drug-likeness (QED) is 0.361. The molecule has 0 bridgehead atoms. The topological polar surface area (TPSA) is 139 Å². The molecule has 186 valence electrons. The van der Waals surface area contributed by atoms with E-state index in [1.807, 2.05) is 25.1 Å². The smallest absolute Gasteiger partial charge is 0.251 e. The zero-order valence-electron chi connectivity index (χ0n) is 20.1. The van der Waals surface area contributed by atoms with Crippen LogP contribution in [0.2, 0.25) is 0 Å². The minimum absolute atomic E-state index is 0.194. The summed E-state index contributed by atoms with van der Waals surface area (Å²) in [5.74, 6) is 1.35. The number of carbonyl (C=O) groups is 1. The van der Waals surface area contributed by atoms with E-state index in [1.54, 1.807) is 36.7 Å². The number of hydrogen-bond acceptors (Lipinski definition) is 10. The third-order valence-electron chi connectivity index (χ3n) is 5.93. The van der Waals surface area contributed by atoms with E-state index in [2.05, 4.69) is 20.2 Å². The molecular weight excluding hydrogens is 478 g/mol. The van der Waals surface area contributed by atoms with Crippen LogP contribution in [0.1, 0.15) is 22.8 Å². The number of carbonyl (C=O) groups excluding carboxylic acids is 1. The molecule has 1 aliphatic rings. The van der Waals surface area contributed by atoms with Crippen LogP contribution in [0.3, 0.4) is 0 Å². The average Bonchev–Trinajstić information content (AvgIpc) is 3.24. The fourth-order valence-electron chi connectivity index (χ4n) is 4.06. The average molecular weight is 506 g/mol. The molecule has 1 saturated heterocycles. The van der Waals surface area contributed by atoms with Crippen LogP contribution >= 0.6 is 11.3 Å². The summed E-state index contributed by atoms with van der Waals surface area (Å²) in [7, 11) is 0. The highest BCUT2D eigenvalue weighted by Crippen LogP contribution is 2.42. The van der Waals surface area contributed by atoms with Crippen molar-refractivity contribution in [2.45, 2.75) is 20.0 Å². The summed E-state index contributed by atoms with van der Waals surface area (Å²) in [5, 5.41) is 12.3. The fraction of sp³-hybridized carbons (Fsp3) is 0.320. The Morgan fingerprint density at radius 2 is 1.97 bits per heavy atom. The maximum absolute atomic E-state index is 12.6. The van der Waals surface area contributed by atoms with Crippen molar-refractivity contribution >= 4 is 39.2 Å². The van der Waals surface area contributed by atoms with Crippen LogP contribution in [0.5, 0.6) is 0 Å². The monoisotopic (exact) mass is 505 g/mol. The van der Waals surface area contributed by atoms with E-state index >= 15 is 0 Å². The molecule has 4 N–H and O–H groups in total. The molecule has 0 saturated carbocycles. The van der Waals surface area contributed by atoms with E-state index in [1.165, 1.54) is 0 Å². The molecule has 4 aromatic rings. The van der Waals surface area contributed by atoms with Gasteiger partial charge in [-0.25, -0.2) is 19.9 Å². The third-order valence-corrected chi connectivity index (χ3v) is 7.26. The SMILES string of the molecule is Cc1c(-c2cccc(C(=O)NC[C@H](C)O)c2)sc2c(N3CCOCC3)nc(-c3cnc(N)nc3)nc12. The van der Waals surface area contributed by atoms with Gasteiger partial charge in [0.15, 0.2) is 11.6 Å². The number of morpholine rings is 1. The molecule has 1 atom stereocenters. The van der Waals surface area contributed by atoms with Gasteiger partial charge in [-0.15, -0.1) is 11.3 Å². The Hall–Kier alpha value is -3.67. The number of aromatic nitrogens is 4. The lowest BCUT2D eigenvalue weighted by Crippen LogP contribution is -2.36. The van der Waals surface area contributed by atoms with Gasteiger partial charge in [-0.1, -0.05) is 12.1 Å². The number of benzene rings is 1. The number of nitrogens with two attached hydrogens (primary N) is 1. The van der Waals surface area contributed by atoms with Crippen molar-refractivity contribution < 1.29 is 14.6 Å². The molecule has 4 heterocycles. The summed E-state index contributed by atoms with van der Waals surface area (Å²) >= 11 is 1.61. The maximum atomic E-state index is 12.6. The highest BCUT2D eigenvalue weighted by molar-refractivity contribution is 7.23. The lowest BCUT2D eigenvalue weighted by Gasteiger charge is -2.28. The van der Waals surface area contributed by atoms with Crippen molar-refractivity contribution in [3.63, 3.8) is 0 Å². The van der Waals surface area contributed by atoms with Gasteiger partial charge in [-0.2, -0.15) is 0 Å². The number of aryl methyl sites for hydroxylation is 1. The molecular formula is C25H27N7O3S. The second-order valence-corrected chi connectivity index (χ2v) is 9.69. The Kier molecular flexibility index (Phi) is 6.77.